The Balaban J connectivity index is 1.99. The van der Waals surface area contributed by atoms with E-state index in [-0.39, 0.29) is 0 Å². The minimum Gasteiger partial charge on any atom is -0.544 e. The van der Waals surface area contributed by atoms with Crippen molar-refractivity contribution in [2.24, 2.45) is 0 Å². The lowest BCUT2D eigenvalue weighted by Crippen LogP contribution is -2.29. The summed E-state index contributed by atoms with van der Waals surface area (Å²) in [6.07, 6.45) is 2.05. The molecule has 2 N–H and O–H groups in total. The lowest BCUT2D eigenvalue weighted by Gasteiger charge is -2.19. The fraction of sp³-hybridized carbons (Fsp3) is 0.294. The van der Waals surface area contributed by atoms with Gasteiger partial charge in [-0.3, -0.25) is 0 Å². The third kappa shape index (κ3) is 4.74. The van der Waals surface area contributed by atoms with Crippen LogP contribution in [0.1, 0.15) is 11.1 Å². The second kappa shape index (κ2) is 6.14. The molecule has 0 aliphatic carbocycles. The molecule has 2 aromatic carbocycles. The first kappa shape index (κ1) is 14.7. The van der Waals surface area contributed by atoms with E-state index >= 15 is 0 Å². The van der Waals surface area contributed by atoms with E-state index < -0.39 is 8.32 Å². The molecular formula is C17H23NOSi. The van der Waals surface area contributed by atoms with Crippen LogP contribution in [0.25, 0.3) is 0 Å². The van der Waals surface area contributed by atoms with Crippen molar-refractivity contribution >= 4 is 14.0 Å². The van der Waals surface area contributed by atoms with Gasteiger partial charge in [-0.25, -0.2) is 0 Å². The Bertz CT molecular complexity index is 558. The molecule has 20 heavy (non-hydrogen) atoms. The van der Waals surface area contributed by atoms with Crippen LogP contribution < -0.4 is 10.2 Å². The van der Waals surface area contributed by atoms with Gasteiger partial charge < -0.3 is 10.2 Å². The van der Waals surface area contributed by atoms with Crippen molar-refractivity contribution in [3.63, 3.8) is 0 Å². The summed E-state index contributed by atoms with van der Waals surface area (Å²) < 4.78 is 6.03. The normalized spacial score (nSPS) is 11.3. The van der Waals surface area contributed by atoms with Gasteiger partial charge in [0.15, 0.2) is 0 Å². The van der Waals surface area contributed by atoms with E-state index in [1.54, 1.807) is 0 Å². The van der Waals surface area contributed by atoms with Crippen LogP contribution in [0.15, 0.2) is 48.5 Å². The van der Waals surface area contributed by atoms with Crippen LogP contribution in [0.3, 0.4) is 0 Å². The first-order valence-electron chi connectivity index (χ1n) is 7.05. The van der Waals surface area contributed by atoms with Crippen molar-refractivity contribution in [1.82, 2.24) is 0 Å². The van der Waals surface area contributed by atoms with E-state index in [4.69, 9.17) is 10.2 Å². The predicted molar refractivity (Wildman–Crippen MR) is 88.7 cm³/mol. The molecule has 0 saturated heterocycles. The molecule has 0 bridgehead atoms. The lowest BCUT2D eigenvalue weighted by molar-refractivity contribution is 0.556. The number of rotatable bonds is 5. The second-order valence-corrected chi connectivity index (χ2v) is 10.5. The number of nitrogen functional groups attached to an aromatic ring is 1. The smallest absolute Gasteiger partial charge is 0.242 e. The molecule has 0 aromatic heterocycles. The Morgan fingerprint density at radius 3 is 2.20 bits per heavy atom. The van der Waals surface area contributed by atoms with Crippen molar-refractivity contribution in [1.29, 1.82) is 0 Å². The molecule has 3 heteroatoms. The molecular weight excluding hydrogens is 262 g/mol. The van der Waals surface area contributed by atoms with Crippen LogP contribution in [0.4, 0.5) is 5.69 Å². The zero-order chi connectivity index (χ0) is 14.6. The Morgan fingerprint density at radius 1 is 0.900 bits per heavy atom. The highest BCUT2D eigenvalue weighted by Gasteiger charge is 2.16. The van der Waals surface area contributed by atoms with Gasteiger partial charge in [0, 0.05) is 5.69 Å². The molecule has 0 unspecified atom stereocenters. The van der Waals surface area contributed by atoms with Crippen molar-refractivity contribution < 1.29 is 4.43 Å². The minimum absolute atomic E-state index is 0.819. The number of hydrogen-bond acceptors (Lipinski definition) is 2. The maximum Gasteiger partial charge on any atom is 0.242 e. The monoisotopic (exact) mass is 285 g/mol. The molecule has 0 atom stereocenters. The topological polar surface area (TPSA) is 35.2 Å². The molecule has 106 valence electrons. The summed E-state index contributed by atoms with van der Waals surface area (Å²) in [5.41, 5.74) is 9.15. The van der Waals surface area contributed by atoms with Gasteiger partial charge in [-0.15, -0.1) is 0 Å². The number of anilines is 1. The SMILES string of the molecule is C[Si](C)(C)Oc1cccc(CCc2ccc(N)cc2)c1. The molecule has 0 spiro atoms. The third-order valence-electron chi connectivity index (χ3n) is 3.00. The molecule has 0 amide bonds. The van der Waals surface area contributed by atoms with Gasteiger partial charge in [0.25, 0.3) is 0 Å². The van der Waals surface area contributed by atoms with Gasteiger partial charge in [-0.2, -0.15) is 0 Å². The minimum atomic E-state index is -1.53. The molecule has 0 heterocycles. The third-order valence-corrected chi connectivity index (χ3v) is 3.85. The molecule has 0 radical (unpaired) electrons. The van der Waals surface area contributed by atoms with Crippen LogP contribution >= 0.6 is 0 Å². The first-order chi connectivity index (χ1) is 9.42. The van der Waals surface area contributed by atoms with Gasteiger partial charge in [0.2, 0.25) is 8.32 Å². The van der Waals surface area contributed by atoms with E-state index in [1.807, 2.05) is 18.2 Å². The van der Waals surface area contributed by atoms with Crippen LogP contribution in [-0.4, -0.2) is 8.32 Å². The maximum atomic E-state index is 6.03. The molecule has 0 saturated carbocycles. The van der Waals surface area contributed by atoms with Crippen molar-refractivity contribution in [3.8, 4) is 5.75 Å². The molecule has 2 rings (SSSR count). The Labute approximate surface area is 122 Å². The highest BCUT2D eigenvalue weighted by atomic mass is 28.4. The summed E-state index contributed by atoms with van der Waals surface area (Å²) in [6.45, 7) is 6.61. The Hall–Kier alpha value is -1.74. The summed E-state index contributed by atoms with van der Waals surface area (Å²) in [4.78, 5) is 0. The van der Waals surface area contributed by atoms with Crippen LogP contribution in [0.2, 0.25) is 19.6 Å². The van der Waals surface area contributed by atoms with Gasteiger partial charge >= 0.3 is 0 Å². The van der Waals surface area contributed by atoms with Crippen LogP contribution in [0.5, 0.6) is 5.75 Å². The highest BCUT2D eigenvalue weighted by molar-refractivity contribution is 6.70. The number of hydrogen-bond donors (Lipinski definition) is 1. The van der Waals surface area contributed by atoms with Crippen molar-refractivity contribution in [2.45, 2.75) is 32.5 Å². The van der Waals surface area contributed by atoms with E-state index in [9.17, 15) is 0 Å². The van der Waals surface area contributed by atoms with Gasteiger partial charge in [0.05, 0.1) is 0 Å². The largest absolute Gasteiger partial charge is 0.544 e. The number of benzene rings is 2. The summed E-state index contributed by atoms with van der Waals surface area (Å²) in [7, 11) is -1.53. The Kier molecular flexibility index (Phi) is 4.50. The average Bonchev–Trinajstić information content (AvgIpc) is 2.36. The van der Waals surface area contributed by atoms with Crippen LogP contribution in [-0.2, 0) is 12.8 Å². The molecule has 2 nitrogen and oxygen atoms in total. The number of nitrogens with two attached hydrogens (primary N) is 1. The van der Waals surface area contributed by atoms with Crippen LogP contribution in [0, 0.1) is 0 Å². The Morgan fingerprint density at radius 2 is 1.55 bits per heavy atom. The molecule has 0 aliphatic heterocycles. The average molecular weight is 285 g/mol. The highest BCUT2D eigenvalue weighted by Crippen LogP contribution is 2.19. The van der Waals surface area contributed by atoms with Gasteiger partial charge in [0.1, 0.15) is 5.75 Å². The number of aryl methyl sites for hydroxylation is 2. The summed E-state index contributed by atoms with van der Waals surface area (Å²) in [5.74, 6) is 0.999. The fourth-order valence-corrected chi connectivity index (χ4v) is 2.93. The first-order valence-corrected chi connectivity index (χ1v) is 10.5. The molecule has 0 aliphatic rings. The molecule has 2 aromatic rings. The van der Waals surface area contributed by atoms with E-state index in [0.717, 1.165) is 24.3 Å². The predicted octanol–water partition coefficient (Wildman–Crippen LogP) is 4.27. The van der Waals surface area contributed by atoms with E-state index in [2.05, 4.69) is 50.0 Å². The quantitative estimate of drug-likeness (QED) is 0.658. The second-order valence-electron chi connectivity index (χ2n) is 6.10. The zero-order valence-corrected chi connectivity index (χ0v) is 13.5. The zero-order valence-electron chi connectivity index (χ0n) is 12.5. The fourth-order valence-electron chi connectivity index (χ4n) is 2.09. The summed E-state index contributed by atoms with van der Waals surface area (Å²) in [5, 5.41) is 0. The summed E-state index contributed by atoms with van der Waals surface area (Å²) >= 11 is 0. The van der Waals surface area contributed by atoms with E-state index in [1.165, 1.54) is 11.1 Å². The molecule has 0 fully saturated rings. The maximum absolute atomic E-state index is 6.03. The summed E-state index contributed by atoms with van der Waals surface area (Å²) in [6, 6.07) is 16.6. The lowest BCUT2D eigenvalue weighted by atomic mass is 10.0. The van der Waals surface area contributed by atoms with Gasteiger partial charge in [-0.1, -0.05) is 24.3 Å². The standard InChI is InChI=1S/C17H23NOSi/c1-20(2,3)19-17-6-4-5-15(13-17)8-7-14-9-11-16(18)12-10-14/h4-6,9-13H,7-8,18H2,1-3H3. The van der Waals surface area contributed by atoms with Crippen molar-refractivity contribution in [3.05, 3.63) is 59.7 Å². The van der Waals surface area contributed by atoms with Crippen molar-refractivity contribution in [2.75, 3.05) is 5.73 Å². The van der Waals surface area contributed by atoms with Gasteiger partial charge in [-0.05, 0) is 67.9 Å². The van der Waals surface area contributed by atoms with E-state index in [0.29, 0.717) is 0 Å².